The van der Waals surface area contributed by atoms with Crippen molar-refractivity contribution in [2.45, 2.75) is 131 Å². The highest BCUT2D eigenvalue weighted by Gasteiger charge is 2.39. The van der Waals surface area contributed by atoms with Gasteiger partial charge in [0, 0.05) is 18.2 Å². The smallest absolute Gasteiger partial charge is 0.408 e. The van der Waals surface area contributed by atoms with Gasteiger partial charge in [0.25, 0.3) is 0 Å². The first kappa shape index (κ1) is 34.3. The second-order valence-electron chi connectivity index (χ2n) is 11.7. The maximum Gasteiger partial charge on any atom is 0.408 e. The third-order valence-electron chi connectivity index (χ3n) is 6.92. The van der Waals surface area contributed by atoms with Gasteiger partial charge in [-0.3, -0.25) is 9.59 Å². The number of phenols is 1. The summed E-state index contributed by atoms with van der Waals surface area (Å²) >= 11 is 0. The molecule has 39 heavy (non-hydrogen) atoms. The number of carbonyl (C=O) groups is 3. The topological polar surface area (TPSA) is 108 Å². The van der Waals surface area contributed by atoms with Crippen molar-refractivity contribution in [2.75, 3.05) is 6.54 Å². The lowest BCUT2D eigenvalue weighted by Crippen LogP contribution is -2.55. The highest BCUT2D eigenvalue weighted by Crippen LogP contribution is 2.33. The zero-order chi connectivity index (χ0) is 29.8. The number of unbranched alkanes of at least 4 members (excludes halogenated alkanes) is 3. The van der Waals surface area contributed by atoms with Gasteiger partial charge in [0.2, 0.25) is 11.8 Å². The summed E-state index contributed by atoms with van der Waals surface area (Å²) in [4.78, 5) is 42.5. The molecule has 4 atom stereocenters. The van der Waals surface area contributed by atoms with Crippen molar-refractivity contribution in [3.63, 3.8) is 0 Å². The van der Waals surface area contributed by atoms with E-state index < -0.39 is 23.8 Å². The van der Waals surface area contributed by atoms with Crippen molar-refractivity contribution >= 4 is 17.9 Å². The van der Waals surface area contributed by atoms with E-state index in [4.69, 9.17) is 4.74 Å². The van der Waals surface area contributed by atoms with Gasteiger partial charge < -0.3 is 25.4 Å². The standard InChI is InChI=1S/C31H53N3O5/c1-10-13-14-15-20-34(29(37)25(21(4)12-3)33-30(38)39-31(7,8)9)26(28(36)32-23(6)17-11-2)24-19-16-18-22(5)27(24)35/h16,18-19,21,23,25-26,35H,10-15,17,20H2,1-9H3,(H,32,36)(H,33,38). The predicted molar refractivity (Wildman–Crippen MR) is 157 cm³/mol. The molecule has 0 radical (unpaired) electrons. The maximum absolute atomic E-state index is 14.3. The van der Waals surface area contributed by atoms with E-state index in [2.05, 4.69) is 24.5 Å². The second-order valence-corrected chi connectivity index (χ2v) is 11.7. The number of nitrogens with zero attached hydrogens (tertiary/aromatic N) is 1. The highest BCUT2D eigenvalue weighted by molar-refractivity contribution is 5.92. The molecular formula is C31H53N3O5. The van der Waals surface area contributed by atoms with E-state index in [0.29, 0.717) is 30.5 Å². The number of benzene rings is 1. The molecule has 0 aromatic heterocycles. The van der Waals surface area contributed by atoms with Crippen LogP contribution in [0.25, 0.3) is 0 Å². The summed E-state index contributed by atoms with van der Waals surface area (Å²) in [5.41, 5.74) is 0.272. The lowest BCUT2D eigenvalue weighted by atomic mass is 9.94. The number of rotatable bonds is 15. The van der Waals surface area contributed by atoms with Crippen LogP contribution in [0.3, 0.4) is 0 Å². The molecule has 0 bridgehead atoms. The molecule has 3 N–H and O–H groups in total. The van der Waals surface area contributed by atoms with Crippen molar-refractivity contribution in [2.24, 2.45) is 5.92 Å². The molecule has 0 aliphatic carbocycles. The normalized spacial score (nSPS) is 14.6. The van der Waals surface area contributed by atoms with Gasteiger partial charge >= 0.3 is 6.09 Å². The number of hydrogen-bond donors (Lipinski definition) is 3. The molecule has 222 valence electrons. The minimum Gasteiger partial charge on any atom is -0.507 e. The molecular weight excluding hydrogens is 494 g/mol. The second kappa shape index (κ2) is 16.4. The summed E-state index contributed by atoms with van der Waals surface area (Å²) < 4.78 is 5.47. The summed E-state index contributed by atoms with van der Waals surface area (Å²) in [6.07, 6.45) is 5.27. The molecule has 0 saturated heterocycles. The molecule has 8 heteroatoms. The van der Waals surface area contributed by atoms with Gasteiger partial charge in [0.15, 0.2) is 0 Å². The van der Waals surface area contributed by atoms with E-state index in [1.807, 2.05) is 20.8 Å². The van der Waals surface area contributed by atoms with Crippen LogP contribution in [0.4, 0.5) is 4.79 Å². The highest BCUT2D eigenvalue weighted by atomic mass is 16.6. The summed E-state index contributed by atoms with van der Waals surface area (Å²) in [5.74, 6) is -0.930. The van der Waals surface area contributed by atoms with E-state index in [9.17, 15) is 19.5 Å². The minimum absolute atomic E-state index is 0.00709. The Labute approximate surface area is 236 Å². The molecule has 0 heterocycles. The van der Waals surface area contributed by atoms with Crippen LogP contribution in [0.15, 0.2) is 18.2 Å². The molecule has 0 fully saturated rings. The van der Waals surface area contributed by atoms with Gasteiger partial charge in [-0.15, -0.1) is 0 Å². The van der Waals surface area contributed by atoms with Crippen LogP contribution in [0.1, 0.15) is 118 Å². The van der Waals surface area contributed by atoms with Crippen molar-refractivity contribution in [3.05, 3.63) is 29.3 Å². The number of amides is 3. The van der Waals surface area contributed by atoms with Crippen molar-refractivity contribution < 1.29 is 24.2 Å². The Morgan fingerprint density at radius 3 is 2.23 bits per heavy atom. The zero-order valence-electron chi connectivity index (χ0n) is 25.7. The molecule has 1 aromatic rings. The Kier molecular flexibility index (Phi) is 14.4. The Balaban J connectivity index is 3.62. The predicted octanol–water partition coefficient (Wildman–Crippen LogP) is 6.39. The molecule has 1 rings (SSSR count). The number of alkyl carbamates (subject to hydrolysis) is 1. The molecule has 3 amide bonds. The van der Waals surface area contributed by atoms with Gasteiger partial charge in [0.05, 0.1) is 0 Å². The largest absolute Gasteiger partial charge is 0.507 e. The summed E-state index contributed by atoms with van der Waals surface area (Å²) in [6.45, 7) is 17.4. The fourth-order valence-electron chi connectivity index (χ4n) is 4.55. The van der Waals surface area contributed by atoms with E-state index in [0.717, 1.165) is 32.1 Å². The summed E-state index contributed by atoms with van der Waals surface area (Å²) in [6, 6.07) is 3.21. The Morgan fingerprint density at radius 2 is 1.67 bits per heavy atom. The van der Waals surface area contributed by atoms with Gasteiger partial charge in [-0.25, -0.2) is 4.79 Å². The number of ether oxygens (including phenoxy) is 1. The number of nitrogens with one attached hydrogen (secondary N) is 2. The van der Waals surface area contributed by atoms with Crippen LogP contribution in [-0.2, 0) is 14.3 Å². The monoisotopic (exact) mass is 547 g/mol. The van der Waals surface area contributed by atoms with Crippen molar-refractivity contribution in [3.8, 4) is 5.75 Å². The summed E-state index contributed by atoms with van der Waals surface area (Å²) in [5, 5.41) is 16.9. The van der Waals surface area contributed by atoms with E-state index in [-0.39, 0.29) is 29.5 Å². The molecule has 0 aliphatic heterocycles. The third kappa shape index (κ3) is 11.1. The number of hydrogen-bond acceptors (Lipinski definition) is 5. The Hall–Kier alpha value is -2.77. The van der Waals surface area contributed by atoms with Crippen LogP contribution < -0.4 is 10.6 Å². The number of carbonyl (C=O) groups excluding carboxylic acids is 3. The lowest BCUT2D eigenvalue weighted by molar-refractivity contribution is -0.143. The molecule has 8 nitrogen and oxygen atoms in total. The zero-order valence-corrected chi connectivity index (χ0v) is 25.7. The van der Waals surface area contributed by atoms with Crippen molar-refractivity contribution in [1.82, 2.24) is 15.5 Å². The Bertz CT molecular complexity index is 927. The molecule has 0 aliphatic rings. The first-order chi connectivity index (χ1) is 18.3. The fraction of sp³-hybridized carbons (Fsp3) is 0.710. The SMILES string of the molecule is CCCCCCN(C(=O)C(NC(=O)OC(C)(C)C)C(C)CC)C(C(=O)NC(C)CCC)c1cccc(C)c1O. The number of aromatic hydroxyl groups is 1. The third-order valence-corrected chi connectivity index (χ3v) is 6.92. The average molecular weight is 548 g/mol. The number of para-hydroxylation sites is 1. The van der Waals surface area contributed by atoms with Crippen LogP contribution in [0, 0.1) is 12.8 Å². The molecule has 1 aromatic carbocycles. The van der Waals surface area contributed by atoms with Crippen LogP contribution in [0.5, 0.6) is 5.75 Å². The van der Waals surface area contributed by atoms with E-state index in [1.54, 1.807) is 50.8 Å². The molecule has 4 unspecified atom stereocenters. The number of aryl methyl sites for hydroxylation is 1. The maximum atomic E-state index is 14.3. The molecule has 0 spiro atoms. The quantitative estimate of drug-likeness (QED) is 0.220. The minimum atomic E-state index is -1.05. The van der Waals surface area contributed by atoms with Gasteiger partial charge in [-0.1, -0.05) is 78.0 Å². The van der Waals surface area contributed by atoms with Crippen LogP contribution >= 0.6 is 0 Å². The van der Waals surface area contributed by atoms with Gasteiger partial charge in [-0.05, 0) is 58.9 Å². The van der Waals surface area contributed by atoms with E-state index >= 15 is 0 Å². The van der Waals surface area contributed by atoms with Crippen LogP contribution in [-0.4, -0.2) is 52.1 Å². The first-order valence-electron chi connectivity index (χ1n) is 14.7. The average Bonchev–Trinajstić information content (AvgIpc) is 2.84. The van der Waals surface area contributed by atoms with Gasteiger partial charge in [-0.2, -0.15) is 0 Å². The van der Waals surface area contributed by atoms with E-state index in [1.165, 1.54) is 0 Å². The lowest BCUT2D eigenvalue weighted by Gasteiger charge is -2.37. The summed E-state index contributed by atoms with van der Waals surface area (Å²) in [7, 11) is 0. The first-order valence-corrected chi connectivity index (χ1v) is 14.7. The van der Waals surface area contributed by atoms with Gasteiger partial charge in [0.1, 0.15) is 23.4 Å². The molecule has 0 saturated carbocycles. The number of phenolic OH excluding ortho intramolecular Hbond substituents is 1. The van der Waals surface area contributed by atoms with Crippen LogP contribution in [0.2, 0.25) is 0 Å². The fourth-order valence-corrected chi connectivity index (χ4v) is 4.55. The Morgan fingerprint density at radius 1 is 1.00 bits per heavy atom. The van der Waals surface area contributed by atoms with Crippen molar-refractivity contribution in [1.29, 1.82) is 0 Å².